The van der Waals surface area contributed by atoms with E-state index >= 15 is 0 Å². The summed E-state index contributed by atoms with van der Waals surface area (Å²) in [5.41, 5.74) is 0.0249. The molecule has 24 heavy (non-hydrogen) atoms. The van der Waals surface area contributed by atoms with Crippen LogP contribution in [0.25, 0.3) is 0 Å². The largest absolute Gasteiger partial charge is 0.452 e. The SMILES string of the molecule is CCC(C)NC(=O)COC(=O)c1cccc(S(=O)(=O)N(C)OC)c1. The molecule has 1 N–H and O–H groups in total. The summed E-state index contributed by atoms with van der Waals surface area (Å²) in [5, 5.41) is 2.66. The highest BCUT2D eigenvalue weighted by Gasteiger charge is 2.22. The first-order valence-electron chi connectivity index (χ1n) is 7.32. The van der Waals surface area contributed by atoms with E-state index in [0.29, 0.717) is 4.47 Å². The van der Waals surface area contributed by atoms with Crippen molar-refractivity contribution in [2.75, 3.05) is 20.8 Å². The van der Waals surface area contributed by atoms with E-state index in [2.05, 4.69) is 10.2 Å². The van der Waals surface area contributed by atoms with Gasteiger partial charge in [0.15, 0.2) is 6.61 Å². The molecule has 0 aliphatic heterocycles. The minimum absolute atomic E-state index is 0.0192. The zero-order chi connectivity index (χ0) is 18.3. The zero-order valence-electron chi connectivity index (χ0n) is 14.1. The van der Waals surface area contributed by atoms with Crippen LogP contribution in [0.15, 0.2) is 29.2 Å². The Kier molecular flexibility index (Phi) is 7.33. The summed E-state index contributed by atoms with van der Waals surface area (Å²) in [4.78, 5) is 28.1. The minimum Gasteiger partial charge on any atom is -0.452 e. The number of esters is 1. The second-order valence-electron chi connectivity index (χ2n) is 5.08. The van der Waals surface area contributed by atoms with Crippen LogP contribution in [-0.2, 0) is 24.4 Å². The van der Waals surface area contributed by atoms with Crippen LogP contribution in [-0.4, -0.2) is 51.6 Å². The number of rotatable bonds is 8. The van der Waals surface area contributed by atoms with Crippen molar-refractivity contribution in [3.63, 3.8) is 0 Å². The molecular weight excluding hydrogens is 336 g/mol. The molecule has 0 saturated heterocycles. The summed E-state index contributed by atoms with van der Waals surface area (Å²) in [6, 6.07) is 5.29. The van der Waals surface area contributed by atoms with Crippen molar-refractivity contribution in [1.29, 1.82) is 0 Å². The molecule has 0 aliphatic carbocycles. The predicted octanol–water partition coefficient (Wildman–Crippen LogP) is 0.940. The number of amides is 1. The highest BCUT2D eigenvalue weighted by molar-refractivity contribution is 7.89. The Bertz CT molecular complexity index is 689. The fraction of sp³-hybridized carbons (Fsp3) is 0.467. The molecule has 1 aromatic carbocycles. The smallest absolute Gasteiger partial charge is 0.338 e. The lowest BCUT2D eigenvalue weighted by Gasteiger charge is -2.14. The molecule has 8 nitrogen and oxygen atoms in total. The van der Waals surface area contributed by atoms with E-state index in [1.165, 1.54) is 38.4 Å². The van der Waals surface area contributed by atoms with Crippen LogP contribution in [0.4, 0.5) is 0 Å². The number of nitrogens with one attached hydrogen (secondary N) is 1. The third kappa shape index (κ3) is 5.29. The summed E-state index contributed by atoms with van der Waals surface area (Å²) < 4.78 is 29.9. The predicted molar refractivity (Wildman–Crippen MR) is 86.6 cm³/mol. The van der Waals surface area contributed by atoms with Crippen LogP contribution in [0, 0.1) is 0 Å². The van der Waals surface area contributed by atoms with Gasteiger partial charge in [0.25, 0.3) is 15.9 Å². The van der Waals surface area contributed by atoms with Crippen molar-refractivity contribution < 1.29 is 27.6 Å². The molecule has 1 unspecified atom stereocenters. The highest BCUT2D eigenvalue weighted by atomic mass is 32.2. The van der Waals surface area contributed by atoms with Crippen LogP contribution in [0.5, 0.6) is 0 Å². The average molecular weight is 358 g/mol. The van der Waals surface area contributed by atoms with Crippen LogP contribution in [0.2, 0.25) is 0 Å². The van der Waals surface area contributed by atoms with Gasteiger partial charge >= 0.3 is 5.97 Å². The Morgan fingerprint density at radius 2 is 2.00 bits per heavy atom. The number of hydroxylamine groups is 1. The van der Waals surface area contributed by atoms with E-state index in [0.717, 1.165) is 6.42 Å². The van der Waals surface area contributed by atoms with E-state index in [1.54, 1.807) is 0 Å². The Morgan fingerprint density at radius 3 is 2.58 bits per heavy atom. The van der Waals surface area contributed by atoms with Gasteiger partial charge in [-0.05, 0) is 31.5 Å². The number of hydrogen-bond donors (Lipinski definition) is 1. The minimum atomic E-state index is -3.87. The molecule has 1 aromatic rings. The van der Waals surface area contributed by atoms with Gasteiger partial charge in [-0.25, -0.2) is 13.2 Å². The van der Waals surface area contributed by atoms with Gasteiger partial charge in [-0.2, -0.15) is 0 Å². The van der Waals surface area contributed by atoms with Crippen molar-refractivity contribution >= 4 is 21.9 Å². The van der Waals surface area contributed by atoms with E-state index in [4.69, 9.17) is 4.74 Å². The lowest BCUT2D eigenvalue weighted by molar-refractivity contribution is -0.124. The van der Waals surface area contributed by atoms with E-state index in [1.807, 2.05) is 13.8 Å². The molecule has 0 radical (unpaired) electrons. The first-order valence-corrected chi connectivity index (χ1v) is 8.76. The van der Waals surface area contributed by atoms with Crippen molar-refractivity contribution in [1.82, 2.24) is 9.79 Å². The van der Waals surface area contributed by atoms with Gasteiger partial charge in [-0.1, -0.05) is 17.5 Å². The maximum atomic E-state index is 12.1. The Morgan fingerprint density at radius 1 is 1.33 bits per heavy atom. The van der Waals surface area contributed by atoms with Gasteiger partial charge in [-0.3, -0.25) is 9.63 Å². The molecule has 0 bridgehead atoms. The summed E-state index contributed by atoms with van der Waals surface area (Å²) in [6.07, 6.45) is 0.757. The third-order valence-corrected chi connectivity index (χ3v) is 4.99. The number of benzene rings is 1. The van der Waals surface area contributed by atoms with E-state index < -0.39 is 28.5 Å². The van der Waals surface area contributed by atoms with Crippen LogP contribution in [0.1, 0.15) is 30.6 Å². The van der Waals surface area contributed by atoms with Gasteiger partial charge in [0.05, 0.1) is 17.6 Å². The summed E-state index contributed by atoms with van der Waals surface area (Å²) >= 11 is 0. The molecule has 1 atom stereocenters. The zero-order valence-corrected chi connectivity index (χ0v) is 14.9. The van der Waals surface area contributed by atoms with Gasteiger partial charge < -0.3 is 10.1 Å². The van der Waals surface area contributed by atoms with Gasteiger partial charge in [0.1, 0.15) is 0 Å². The number of nitrogens with zero attached hydrogens (tertiary/aromatic N) is 1. The van der Waals surface area contributed by atoms with Gasteiger partial charge in [-0.15, -0.1) is 0 Å². The molecular formula is C15H22N2O6S. The van der Waals surface area contributed by atoms with Crippen LogP contribution >= 0.6 is 0 Å². The number of carbonyl (C=O) groups is 2. The Labute approximate surface area is 141 Å². The molecule has 0 saturated carbocycles. The second kappa shape index (κ2) is 8.76. The standard InChI is InChI=1S/C15H22N2O6S/c1-5-11(2)16-14(18)10-23-15(19)12-7-6-8-13(9-12)24(20,21)17(3)22-4/h6-9,11H,5,10H2,1-4H3,(H,16,18). The van der Waals surface area contributed by atoms with Crippen LogP contribution in [0.3, 0.4) is 0 Å². The number of ether oxygens (including phenoxy) is 1. The summed E-state index contributed by atoms with van der Waals surface area (Å²) in [5.74, 6) is -1.20. The number of carbonyl (C=O) groups excluding carboxylic acids is 2. The molecule has 0 heterocycles. The van der Waals surface area contributed by atoms with E-state index in [9.17, 15) is 18.0 Å². The molecule has 0 spiro atoms. The fourth-order valence-electron chi connectivity index (χ4n) is 1.66. The summed E-state index contributed by atoms with van der Waals surface area (Å²) in [7, 11) is -1.42. The quantitative estimate of drug-likeness (QED) is 0.548. The van der Waals surface area contributed by atoms with Crippen molar-refractivity contribution in [2.45, 2.75) is 31.2 Å². The normalized spacial score (nSPS) is 12.7. The molecule has 0 aromatic heterocycles. The number of sulfonamides is 1. The number of hydrogen-bond acceptors (Lipinski definition) is 6. The second-order valence-corrected chi connectivity index (χ2v) is 7.01. The lowest BCUT2D eigenvalue weighted by atomic mass is 10.2. The highest BCUT2D eigenvalue weighted by Crippen LogP contribution is 2.16. The van der Waals surface area contributed by atoms with Crippen molar-refractivity contribution in [2.24, 2.45) is 0 Å². The average Bonchev–Trinajstić information content (AvgIpc) is 2.58. The van der Waals surface area contributed by atoms with E-state index in [-0.39, 0.29) is 16.5 Å². The topological polar surface area (TPSA) is 102 Å². The molecule has 1 amide bonds. The molecule has 1 rings (SSSR count). The van der Waals surface area contributed by atoms with Gasteiger partial charge in [0.2, 0.25) is 0 Å². The fourth-order valence-corrected chi connectivity index (χ4v) is 2.68. The first-order chi connectivity index (χ1) is 11.2. The maximum Gasteiger partial charge on any atom is 0.338 e. The Hall–Kier alpha value is -1.97. The molecule has 9 heteroatoms. The maximum absolute atomic E-state index is 12.1. The van der Waals surface area contributed by atoms with Crippen molar-refractivity contribution in [3.05, 3.63) is 29.8 Å². The van der Waals surface area contributed by atoms with Crippen molar-refractivity contribution in [3.8, 4) is 0 Å². The Balaban J connectivity index is 2.80. The first kappa shape index (κ1) is 20.1. The molecule has 0 fully saturated rings. The van der Waals surface area contributed by atoms with Gasteiger partial charge in [0, 0.05) is 13.1 Å². The van der Waals surface area contributed by atoms with Crippen LogP contribution < -0.4 is 5.32 Å². The molecule has 0 aliphatic rings. The summed E-state index contributed by atoms with van der Waals surface area (Å²) in [6.45, 7) is 3.32. The lowest BCUT2D eigenvalue weighted by Crippen LogP contribution is -2.35. The third-order valence-electron chi connectivity index (χ3n) is 3.32. The molecule has 134 valence electrons. The monoisotopic (exact) mass is 358 g/mol.